The van der Waals surface area contributed by atoms with Crippen LogP contribution in [0.5, 0.6) is 0 Å². The first-order valence-electron chi connectivity index (χ1n) is 11.9. The van der Waals surface area contributed by atoms with Crippen molar-refractivity contribution in [1.29, 1.82) is 0 Å². The minimum absolute atomic E-state index is 0.114. The first-order valence-corrected chi connectivity index (χ1v) is 11.9. The third-order valence-corrected chi connectivity index (χ3v) is 6.87. The molecule has 4 heteroatoms. The number of hydrogen-bond donors (Lipinski definition) is 0. The molecule has 0 bridgehead atoms. The molecule has 0 unspecified atom stereocenters. The number of carbonyl (C=O) groups is 2. The Hall–Kier alpha value is -1.58. The molecule has 2 fully saturated rings. The number of hydrogen-bond acceptors (Lipinski definition) is 4. The predicted molar refractivity (Wildman–Crippen MR) is 128 cm³/mol. The molecule has 2 aliphatic carbocycles. The van der Waals surface area contributed by atoms with Gasteiger partial charge in [-0.15, -0.1) is 0 Å². The van der Waals surface area contributed by atoms with Gasteiger partial charge in [-0.25, -0.2) is 9.59 Å². The molecule has 31 heavy (non-hydrogen) atoms. The molecule has 0 saturated heterocycles. The van der Waals surface area contributed by atoms with Crippen LogP contribution >= 0.6 is 0 Å². The van der Waals surface area contributed by atoms with Crippen LogP contribution in [0.25, 0.3) is 0 Å². The Labute approximate surface area is 190 Å². The van der Waals surface area contributed by atoms with E-state index in [1.54, 1.807) is 6.92 Å². The van der Waals surface area contributed by atoms with Gasteiger partial charge in [0, 0.05) is 11.6 Å². The van der Waals surface area contributed by atoms with Crippen molar-refractivity contribution in [2.45, 2.75) is 112 Å². The third-order valence-electron chi connectivity index (χ3n) is 6.87. The van der Waals surface area contributed by atoms with Gasteiger partial charge in [-0.1, -0.05) is 54.7 Å². The van der Waals surface area contributed by atoms with Crippen molar-refractivity contribution in [2.24, 2.45) is 22.7 Å². The largest absolute Gasteiger partial charge is 0.459 e. The van der Waals surface area contributed by atoms with Crippen molar-refractivity contribution in [1.82, 2.24) is 0 Å². The van der Waals surface area contributed by atoms with Gasteiger partial charge in [0.15, 0.2) is 0 Å². The van der Waals surface area contributed by atoms with Crippen molar-refractivity contribution in [3.05, 3.63) is 24.8 Å². The van der Waals surface area contributed by atoms with Crippen LogP contribution in [0.2, 0.25) is 0 Å². The molecule has 0 amide bonds. The van der Waals surface area contributed by atoms with Crippen LogP contribution in [0.1, 0.15) is 99.8 Å². The van der Waals surface area contributed by atoms with Crippen molar-refractivity contribution in [3.63, 3.8) is 0 Å². The van der Waals surface area contributed by atoms with Gasteiger partial charge in [0.1, 0.15) is 12.2 Å². The molecule has 2 rings (SSSR count). The molecule has 2 aliphatic rings. The molecule has 0 aromatic rings. The molecule has 0 N–H and O–H groups in total. The summed E-state index contributed by atoms with van der Waals surface area (Å²) in [7, 11) is 0. The van der Waals surface area contributed by atoms with Crippen LogP contribution < -0.4 is 0 Å². The summed E-state index contributed by atoms with van der Waals surface area (Å²) in [4.78, 5) is 22.4. The highest BCUT2D eigenvalue weighted by molar-refractivity contribution is 5.87. The lowest BCUT2D eigenvalue weighted by molar-refractivity contribution is -0.147. The van der Waals surface area contributed by atoms with Crippen LogP contribution in [-0.4, -0.2) is 24.1 Å². The molecule has 0 radical (unpaired) electrons. The quantitative estimate of drug-likeness (QED) is 0.352. The molecule has 0 aliphatic heterocycles. The average Bonchev–Trinajstić information content (AvgIpc) is 2.67. The Balaban J connectivity index is 0.000000311. The lowest BCUT2D eigenvalue weighted by atomic mass is 9.72. The molecule has 178 valence electrons. The Morgan fingerprint density at radius 3 is 1.39 bits per heavy atom. The molecule has 0 atom stereocenters. The highest BCUT2D eigenvalue weighted by Crippen LogP contribution is 2.39. The molecule has 4 nitrogen and oxygen atoms in total. The van der Waals surface area contributed by atoms with Gasteiger partial charge >= 0.3 is 11.9 Å². The van der Waals surface area contributed by atoms with E-state index in [0.717, 1.165) is 50.4 Å². The van der Waals surface area contributed by atoms with Gasteiger partial charge in [0.05, 0.1) is 0 Å². The topological polar surface area (TPSA) is 52.6 Å². The molecule has 2 saturated carbocycles. The molecule has 0 aromatic heterocycles. The average molecular weight is 435 g/mol. The van der Waals surface area contributed by atoms with E-state index in [9.17, 15) is 9.59 Å². The first kappa shape index (κ1) is 27.5. The summed E-state index contributed by atoms with van der Waals surface area (Å²) in [6, 6.07) is 0. The summed E-state index contributed by atoms with van der Waals surface area (Å²) in [6.07, 6.45) is 10.1. The van der Waals surface area contributed by atoms with Gasteiger partial charge in [-0.05, 0) is 81.0 Å². The SMILES string of the molecule is C=C(C)C(=O)OC1CCC(C(C)(C)C)CC1.C=CC(=O)OC1CCC(C(C)(C)C)CC1. The molecular formula is C27H46O4. The van der Waals surface area contributed by atoms with Crippen molar-refractivity contribution in [2.75, 3.05) is 0 Å². The van der Waals surface area contributed by atoms with Crippen LogP contribution in [0.4, 0.5) is 0 Å². The summed E-state index contributed by atoms with van der Waals surface area (Å²) < 4.78 is 10.6. The zero-order chi connectivity index (χ0) is 23.8. The van der Waals surface area contributed by atoms with Gasteiger partial charge in [-0.2, -0.15) is 0 Å². The minimum atomic E-state index is -0.283. The van der Waals surface area contributed by atoms with Crippen LogP contribution in [0, 0.1) is 22.7 Å². The van der Waals surface area contributed by atoms with E-state index >= 15 is 0 Å². The van der Waals surface area contributed by atoms with E-state index < -0.39 is 0 Å². The maximum atomic E-state index is 11.4. The summed E-state index contributed by atoms with van der Waals surface area (Å²) in [6.45, 7) is 22.4. The van der Waals surface area contributed by atoms with Gasteiger partial charge in [0.2, 0.25) is 0 Å². The van der Waals surface area contributed by atoms with E-state index in [2.05, 4.69) is 54.7 Å². The van der Waals surface area contributed by atoms with E-state index in [1.807, 2.05) is 0 Å². The maximum Gasteiger partial charge on any atom is 0.333 e. The lowest BCUT2D eigenvalue weighted by Crippen LogP contribution is -2.30. The fraction of sp³-hybridized carbons (Fsp3) is 0.778. The van der Waals surface area contributed by atoms with Gasteiger partial charge in [0.25, 0.3) is 0 Å². The molecule has 0 aromatic carbocycles. The van der Waals surface area contributed by atoms with Crippen molar-refractivity contribution in [3.8, 4) is 0 Å². The smallest absolute Gasteiger partial charge is 0.333 e. The van der Waals surface area contributed by atoms with E-state index in [-0.39, 0.29) is 24.1 Å². The summed E-state index contributed by atoms with van der Waals surface area (Å²) >= 11 is 0. The van der Waals surface area contributed by atoms with Gasteiger partial charge in [-0.3, -0.25) is 0 Å². The summed E-state index contributed by atoms with van der Waals surface area (Å²) in [5, 5.41) is 0. The highest BCUT2D eigenvalue weighted by Gasteiger charge is 2.32. The zero-order valence-corrected chi connectivity index (χ0v) is 21.1. The van der Waals surface area contributed by atoms with E-state index in [0.29, 0.717) is 16.4 Å². The molecule has 0 heterocycles. The first-order chi connectivity index (χ1) is 14.2. The van der Waals surface area contributed by atoms with Crippen molar-refractivity contribution < 1.29 is 19.1 Å². The van der Waals surface area contributed by atoms with Gasteiger partial charge < -0.3 is 9.47 Å². The van der Waals surface area contributed by atoms with Crippen LogP contribution in [0.15, 0.2) is 24.8 Å². The summed E-state index contributed by atoms with van der Waals surface area (Å²) in [5.74, 6) is 0.997. The number of ether oxygens (including phenoxy) is 2. The maximum absolute atomic E-state index is 11.4. The second-order valence-electron chi connectivity index (χ2n) is 11.5. The fourth-order valence-electron chi connectivity index (χ4n) is 4.56. The Bertz CT molecular complexity index is 604. The van der Waals surface area contributed by atoms with Crippen LogP contribution in [0.3, 0.4) is 0 Å². The zero-order valence-electron chi connectivity index (χ0n) is 21.1. The fourth-order valence-corrected chi connectivity index (χ4v) is 4.56. The number of esters is 2. The predicted octanol–water partition coefficient (Wildman–Crippen LogP) is 7.03. The second kappa shape index (κ2) is 11.9. The highest BCUT2D eigenvalue weighted by atomic mass is 16.5. The molecule has 0 spiro atoms. The third kappa shape index (κ3) is 10.1. The van der Waals surface area contributed by atoms with Crippen LogP contribution in [-0.2, 0) is 19.1 Å². The normalized spacial score (nSPS) is 26.7. The van der Waals surface area contributed by atoms with E-state index in [1.165, 1.54) is 18.9 Å². The minimum Gasteiger partial charge on any atom is -0.459 e. The van der Waals surface area contributed by atoms with Crippen molar-refractivity contribution >= 4 is 11.9 Å². The number of carbonyl (C=O) groups excluding carboxylic acids is 2. The Morgan fingerprint density at radius 2 is 1.10 bits per heavy atom. The standard InChI is InChI=1S/C14H24O2.C13H22O2/c1-10(2)13(15)16-12-8-6-11(7-9-12)14(3,4)5;1-5-12(14)15-11-8-6-10(7-9-11)13(2,3)4/h11-12H,1,6-9H2,2-5H3;5,10-11H,1,6-9H2,2-4H3. The van der Waals surface area contributed by atoms with E-state index in [4.69, 9.17) is 9.47 Å². The molecular weight excluding hydrogens is 388 g/mol. The Kier molecular flexibility index (Phi) is 10.5. The Morgan fingerprint density at radius 1 is 0.742 bits per heavy atom. The summed E-state index contributed by atoms with van der Waals surface area (Å²) in [5.41, 5.74) is 1.26. The monoisotopic (exact) mass is 434 g/mol. The second-order valence-corrected chi connectivity index (χ2v) is 11.5. The lowest BCUT2D eigenvalue weighted by Gasteiger charge is -2.36. The number of rotatable bonds is 4.